The van der Waals surface area contributed by atoms with Crippen molar-refractivity contribution in [2.45, 2.75) is 6.18 Å². The fourth-order valence-electron chi connectivity index (χ4n) is 2.35. The van der Waals surface area contributed by atoms with Gasteiger partial charge in [0, 0.05) is 11.8 Å². The Morgan fingerprint density at radius 1 is 0.897 bits per heavy atom. The van der Waals surface area contributed by atoms with Crippen LogP contribution in [0.15, 0.2) is 54.7 Å². The molecule has 1 aromatic heterocycles. The Labute approximate surface area is 172 Å². The number of hydrazine groups is 1. The molecule has 2 N–H and O–H groups in total. The monoisotopic (exact) mass is 442 g/mol. The van der Waals surface area contributed by atoms with Gasteiger partial charge >= 0.3 is 6.18 Å². The number of carbonyl (C=O) groups excluding carboxylic acids is 2. The fourth-order valence-corrected chi connectivity index (χ4v) is 2.92. The lowest BCUT2D eigenvalue weighted by molar-refractivity contribution is -0.141. The van der Waals surface area contributed by atoms with Crippen molar-refractivity contribution in [3.05, 3.63) is 81.6 Å². The van der Waals surface area contributed by atoms with E-state index in [4.69, 9.17) is 23.2 Å². The molecule has 6 nitrogen and oxygen atoms in total. The molecule has 0 saturated heterocycles. The molecule has 0 fully saturated rings. The molecule has 150 valence electrons. The van der Waals surface area contributed by atoms with Crippen molar-refractivity contribution in [3.63, 3.8) is 0 Å². The number of benzene rings is 2. The second-order valence-electron chi connectivity index (χ2n) is 5.70. The van der Waals surface area contributed by atoms with E-state index in [1.165, 1.54) is 36.4 Å². The minimum absolute atomic E-state index is 0.00522. The number of aromatic nitrogens is 2. The lowest BCUT2D eigenvalue weighted by Crippen LogP contribution is -2.41. The molecule has 0 aliphatic heterocycles. The van der Waals surface area contributed by atoms with Gasteiger partial charge in [-0.2, -0.15) is 18.3 Å². The van der Waals surface area contributed by atoms with Gasteiger partial charge in [0.1, 0.15) is 0 Å². The molecule has 0 radical (unpaired) electrons. The van der Waals surface area contributed by atoms with Crippen molar-refractivity contribution in [1.82, 2.24) is 20.6 Å². The molecule has 0 saturated carbocycles. The van der Waals surface area contributed by atoms with Crippen LogP contribution in [0, 0.1) is 0 Å². The molecular formula is C18H11Cl2F3N4O2. The zero-order chi connectivity index (χ0) is 21.2. The van der Waals surface area contributed by atoms with Crippen LogP contribution in [0.25, 0.3) is 5.69 Å². The summed E-state index contributed by atoms with van der Waals surface area (Å²) in [6, 6.07) is 10.9. The molecule has 0 atom stereocenters. The fraction of sp³-hybridized carbons (Fsp3) is 0.0556. The molecule has 0 bridgehead atoms. The molecule has 2 amide bonds. The number of hydrogen-bond donors (Lipinski definition) is 2. The van der Waals surface area contributed by atoms with E-state index in [0.717, 1.165) is 16.9 Å². The number of rotatable bonds is 3. The highest BCUT2D eigenvalue weighted by Gasteiger charge is 2.33. The summed E-state index contributed by atoms with van der Waals surface area (Å²) in [6.45, 7) is 0. The van der Waals surface area contributed by atoms with Crippen molar-refractivity contribution in [3.8, 4) is 5.69 Å². The number of carbonyl (C=O) groups is 2. The van der Waals surface area contributed by atoms with Crippen molar-refractivity contribution in [2.24, 2.45) is 0 Å². The van der Waals surface area contributed by atoms with Crippen molar-refractivity contribution >= 4 is 35.0 Å². The summed E-state index contributed by atoms with van der Waals surface area (Å²) in [6.07, 6.45) is -3.39. The van der Waals surface area contributed by atoms with Crippen LogP contribution in [-0.2, 0) is 6.18 Å². The van der Waals surface area contributed by atoms with E-state index in [2.05, 4.69) is 16.0 Å². The molecule has 1 heterocycles. The van der Waals surface area contributed by atoms with Crippen LogP contribution in [0.2, 0.25) is 10.0 Å². The second kappa shape index (κ2) is 8.14. The van der Waals surface area contributed by atoms with Crippen molar-refractivity contribution in [2.75, 3.05) is 0 Å². The highest BCUT2D eigenvalue weighted by Crippen LogP contribution is 2.28. The van der Waals surface area contributed by atoms with Crippen LogP contribution < -0.4 is 10.9 Å². The maximum Gasteiger partial charge on any atom is 0.435 e. The summed E-state index contributed by atoms with van der Waals surface area (Å²) in [5, 5.41) is 3.68. The Morgan fingerprint density at radius 3 is 2.03 bits per heavy atom. The number of nitrogens with one attached hydrogen (secondary N) is 2. The smallest absolute Gasteiger partial charge is 0.267 e. The Bertz CT molecular complexity index is 1050. The zero-order valence-electron chi connectivity index (χ0n) is 14.3. The summed E-state index contributed by atoms with van der Waals surface area (Å²) in [5.41, 5.74) is 3.86. The Hall–Kier alpha value is -3.04. The molecule has 11 heteroatoms. The number of halogens is 5. The number of nitrogens with zero attached hydrogens (tertiary/aromatic N) is 2. The standard InChI is InChI=1S/C18H11Cl2F3N4O2/c19-12-2-1-3-13(20)15(12)17(29)25-24-16(28)10-4-6-11(7-5-10)27-9-8-14(26-27)18(21,22)23/h1-9H,(H,24,28)(H,25,29). The molecule has 3 aromatic rings. The highest BCUT2D eigenvalue weighted by molar-refractivity contribution is 6.39. The Morgan fingerprint density at radius 2 is 1.48 bits per heavy atom. The van der Waals surface area contributed by atoms with E-state index in [1.807, 2.05) is 0 Å². The lowest BCUT2D eigenvalue weighted by atomic mass is 10.2. The summed E-state index contributed by atoms with van der Waals surface area (Å²) in [7, 11) is 0. The first kappa shape index (κ1) is 20.7. The molecule has 0 spiro atoms. The van der Waals surface area contributed by atoms with Gasteiger partial charge in [0.15, 0.2) is 5.69 Å². The van der Waals surface area contributed by atoms with E-state index >= 15 is 0 Å². The first-order valence-electron chi connectivity index (χ1n) is 7.95. The van der Waals surface area contributed by atoms with Gasteiger partial charge in [-0.15, -0.1) is 0 Å². The van der Waals surface area contributed by atoms with E-state index in [1.54, 1.807) is 6.07 Å². The van der Waals surface area contributed by atoms with Crippen LogP contribution in [0.3, 0.4) is 0 Å². The third-order valence-corrected chi connectivity index (χ3v) is 4.38. The molecule has 0 aliphatic carbocycles. The van der Waals surface area contributed by atoms with Crippen LogP contribution in [0.4, 0.5) is 13.2 Å². The van der Waals surface area contributed by atoms with Gasteiger partial charge in [-0.25, -0.2) is 4.68 Å². The zero-order valence-corrected chi connectivity index (χ0v) is 15.8. The van der Waals surface area contributed by atoms with Crippen LogP contribution in [0.5, 0.6) is 0 Å². The SMILES string of the molecule is O=C(NNC(=O)c1c(Cl)cccc1Cl)c1ccc(-n2ccc(C(F)(F)F)n2)cc1. The molecule has 29 heavy (non-hydrogen) atoms. The van der Waals surface area contributed by atoms with Gasteiger partial charge in [-0.05, 0) is 42.5 Å². The quantitative estimate of drug-likeness (QED) is 0.594. The third-order valence-electron chi connectivity index (χ3n) is 3.75. The highest BCUT2D eigenvalue weighted by atomic mass is 35.5. The Kier molecular flexibility index (Phi) is 5.81. The van der Waals surface area contributed by atoms with Crippen molar-refractivity contribution in [1.29, 1.82) is 0 Å². The minimum atomic E-state index is -4.55. The van der Waals surface area contributed by atoms with E-state index in [9.17, 15) is 22.8 Å². The molecular weight excluding hydrogens is 432 g/mol. The van der Waals surface area contributed by atoms with Crippen LogP contribution in [0.1, 0.15) is 26.4 Å². The normalized spacial score (nSPS) is 11.2. The topological polar surface area (TPSA) is 76.0 Å². The second-order valence-corrected chi connectivity index (χ2v) is 6.51. The van der Waals surface area contributed by atoms with E-state index in [-0.39, 0.29) is 21.2 Å². The van der Waals surface area contributed by atoms with Gasteiger partial charge in [0.25, 0.3) is 11.8 Å². The average molecular weight is 443 g/mol. The maximum absolute atomic E-state index is 12.6. The summed E-state index contributed by atoms with van der Waals surface area (Å²) in [4.78, 5) is 24.3. The number of hydrogen-bond acceptors (Lipinski definition) is 3. The predicted molar refractivity (Wildman–Crippen MR) is 100.0 cm³/mol. The van der Waals surface area contributed by atoms with Gasteiger partial charge in [0.05, 0.1) is 21.3 Å². The van der Waals surface area contributed by atoms with Gasteiger partial charge in [0.2, 0.25) is 0 Å². The van der Waals surface area contributed by atoms with E-state index in [0.29, 0.717) is 5.69 Å². The van der Waals surface area contributed by atoms with Crippen molar-refractivity contribution < 1.29 is 22.8 Å². The van der Waals surface area contributed by atoms with Gasteiger partial charge < -0.3 is 0 Å². The first-order valence-corrected chi connectivity index (χ1v) is 8.70. The molecule has 0 unspecified atom stereocenters. The van der Waals surface area contributed by atoms with Crippen LogP contribution >= 0.6 is 23.2 Å². The molecule has 0 aliphatic rings. The average Bonchev–Trinajstić information content (AvgIpc) is 3.17. The molecule has 2 aromatic carbocycles. The summed E-state index contributed by atoms with van der Waals surface area (Å²) < 4.78 is 38.9. The lowest BCUT2D eigenvalue weighted by Gasteiger charge is -2.10. The Balaban J connectivity index is 1.66. The summed E-state index contributed by atoms with van der Waals surface area (Å²) >= 11 is 11.9. The third kappa shape index (κ3) is 4.69. The van der Waals surface area contributed by atoms with Crippen LogP contribution in [-0.4, -0.2) is 21.6 Å². The number of alkyl halides is 3. The van der Waals surface area contributed by atoms with E-state index < -0.39 is 23.7 Å². The van der Waals surface area contributed by atoms with Gasteiger partial charge in [-0.1, -0.05) is 29.3 Å². The molecule has 3 rings (SSSR count). The van der Waals surface area contributed by atoms with Gasteiger partial charge in [-0.3, -0.25) is 20.4 Å². The number of amides is 2. The maximum atomic E-state index is 12.6. The predicted octanol–water partition coefficient (Wildman–Crippen LogP) is 4.27. The largest absolute Gasteiger partial charge is 0.435 e. The minimum Gasteiger partial charge on any atom is -0.267 e. The summed E-state index contributed by atoms with van der Waals surface area (Å²) in [5.74, 6) is -1.36. The first-order chi connectivity index (χ1) is 13.7.